The maximum absolute atomic E-state index is 14.2. The van der Waals surface area contributed by atoms with E-state index < -0.39 is 22.4 Å². The van der Waals surface area contributed by atoms with Crippen molar-refractivity contribution < 1.29 is 18.5 Å². The molecule has 0 radical (unpaired) electrons. The lowest BCUT2D eigenvalue weighted by atomic mass is 10.0. The Morgan fingerprint density at radius 1 is 1.29 bits per heavy atom. The number of furan rings is 1. The summed E-state index contributed by atoms with van der Waals surface area (Å²) in [4.78, 5) is 22.8. The normalized spacial score (nSPS) is 11.3. The number of nitriles is 1. The molecule has 140 valence electrons. The Balaban J connectivity index is 2.03. The maximum atomic E-state index is 14.2. The molecule has 0 N–H and O–H groups in total. The molecule has 3 aromatic rings. The summed E-state index contributed by atoms with van der Waals surface area (Å²) < 4.78 is 20.8. The number of nitro groups is 1. The number of benzene rings is 1. The molecule has 0 fully saturated rings. The zero-order valence-electron chi connectivity index (χ0n) is 15.0. The Morgan fingerprint density at radius 2 is 2.00 bits per heavy atom. The van der Waals surface area contributed by atoms with E-state index in [2.05, 4.69) is 0 Å². The number of aromatic nitrogens is 1. The van der Waals surface area contributed by atoms with Crippen LogP contribution in [-0.2, 0) is 0 Å². The number of para-hydroxylation sites is 1. The Kier molecular flexibility index (Phi) is 4.92. The van der Waals surface area contributed by atoms with Gasteiger partial charge in [0, 0.05) is 23.0 Å². The molecule has 1 aromatic carbocycles. The van der Waals surface area contributed by atoms with Crippen molar-refractivity contribution in [1.82, 2.24) is 4.57 Å². The van der Waals surface area contributed by atoms with Crippen LogP contribution < -0.4 is 0 Å². The van der Waals surface area contributed by atoms with Gasteiger partial charge in [0.05, 0.1) is 11.8 Å². The minimum atomic E-state index is -0.715. The van der Waals surface area contributed by atoms with Crippen LogP contribution in [0.5, 0.6) is 0 Å². The van der Waals surface area contributed by atoms with Gasteiger partial charge in [-0.2, -0.15) is 5.26 Å². The number of ketones is 1. The molecule has 0 amide bonds. The Hall–Kier alpha value is -3.99. The number of carbonyl (C=O) groups is 1. The van der Waals surface area contributed by atoms with Gasteiger partial charge in [0.1, 0.15) is 28.1 Å². The molecule has 0 aliphatic carbocycles. The van der Waals surface area contributed by atoms with Crippen LogP contribution in [0.15, 0.2) is 52.5 Å². The summed E-state index contributed by atoms with van der Waals surface area (Å²) >= 11 is 0. The number of hydrogen-bond donors (Lipinski definition) is 0. The van der Waals surface area contributed by atoms with E-state index in [-0.39, 0.29) is 16.9 Å². The third kappa shape index (κ3) is 3.33. The third-order valence-electron chi connectivity index (χ3n) is 4.21. The fraction of sp³-hybridized carbons (Fsp3) is 0.100. The molecule has 0 bridgehead atoms. The van der Waals surface area contributed by atoms with Gasteiger partial charge in [0.15, 0.2) is 0 Å². The van der Waals surface area contributed by atoms with Crippen molar-refractivity contribution in [2.45, 2.75) is 13.8 Å². The molecule has 0 atom stereocenters. The minimum Gasteiger partial charge on any atom is -0.401 e. The molecular formula is C20H14FN3O4. The van der Waals surface area contributed by atoms with Crippen LogP contribution in [0.2, 0.25) is 0 Å². The highest BCUT2D eigenvalue weighted by Gasteiger charge is 2.22. The van der Waals surface area contributed by atoms with Crippen molar-refractivity contribution in [2.75, 3.05) is 0 Å². The van der Waals surface area contributed by atoms with Gasteiger partial charge in [0.2, 0.25) is 5.78 Å². The summed E-state index contributed by atoms with van der Waals surface area (Å²) in [6.07, 6.45) is 1.14. The number of allylic oxidation sites excluding steroid dienone is 1. The van der Waals surface area contributed by atoms with E-state index in [4.69, 9.17) is 4.42 Å². The first-order valence-electron chi connectivity index (χ1n) is 8.18. The molecule has 28 heavy (non-hydrogen) atoms. The largest absolute Gasteiger partial charge is 0.433 e. The van der Waals surface area contributed by atoms with E-state index in [1.165, 1.54) is 12.1 Å². The van der Waals surface area contributed by atoms with Crippen LogP contribution in [0.1, 0.15) is 27.5 Å². The van der Waals surface area contributed by atoms with Crippen molar-refractivity contribution in [3.05, 3.63) is 86.7 Å². The topological polar surface area (TPSA) is 102 Å². The van der Waals surface area contributed by atoms with Crippen LogP contribution in [0.3, 0.4) is 0 Å². The number of Topliss-reactive ketones (excluding diaryl/α,β-unsaturated/α-hetero) is 1. The zero-order valence-corrected chi connectivity index (χ0v) is 15.0. The molecule has 8 heteroatoms. The summed E-state index contributed by atoms with van der Waals surface area (Å²) in [5.41, 5.74) is 1.37. The average Bonchev–Trinajstić information content (AvgIpc) is 3.25. The van der Waals surface area contributed by atoms with Crippen LogP contribution in [-0.4, -0.2) is 15.3 Å². The summed E-state index contributed by atoms with van der Waals surface area (Å²) in [5.74, 6) is -1.51. The minimum absolute atomic E-state index is 0.0134. The smallest absolute Gasteiger partial charge is 0.401 e. The second-order valence-corrected chi connectivity index (χ2v) is 6.00. The van der Waals surface area contributed by atoms with Gasteiger partial charge in [-0.05, 0) is 38.1 Å². The lowest BCUT2D eigenvalue weighted by molar-refractivity contribution is -0.402. The molecule has 2 aromatic heterocycles. The van der Waals surface area contributed by atoms with Crippen LogP contribution in [0.25, 0.3) is 11.8 Å². The molecule has 0 saturated carbocycles. The van der Waals surface area contributed by atoms with Crippen molar-refractivity contribution in [2.24, 2.45) is 0 Å². The van der Waals surface area contributed by atoms with Gasteiger partial charge in [0.25, 0.3) is 0 Å². The number of nitrogens with zero attached hydrogens (tertiary/aromatic N) is 3. The van der Waals surface area contributed by atoms with E-state index in [0.717, 1.165) is 12.1 Å². The first-order chi connectivity index (χ1) is 13.3. The lowest BCUT2D eigenvalue weighted by Crippen LogP contribution is -2.06. The summed E-state index contributed by atoms with van der Waals surface area (Å²) in [7, 11) is 0. The summed E-state index contributed by atoms with van der Waals surface area (Å²) in [5, 5.41) is 20.1. The number of halogens is 1. The Labute approximate surface area is 159 Å². The summed E-state index contributed by atoms with van der Waals surface area (Å²) in [6.45, 7) is 3.38. The molecule has 0 saturated heterocycles. The molecule has 2 heterocycles. The van der Waals surface area contributed by atoms with E-state index in [1.54, 1.807) is 48.7 Å². The van der Waals surface area contributed by atoms with Gasteiger partial charge in [-0.15, -0.1) is 0 Å². The van der Waals surface area contributed by atoms with E-state index in [1.807, 2.05) is 0 Å². The quantitative estimate of drug-likeness (QED) is 0.213. The second-order valence-electron chi connectivity index (χ2n) is 6.00. The highest BCUT2D eigenvalue weighted by molar-refractivity contribution is 6.14. The van der Waals surface area contributed by atoms with Gasteiger partial charge in [-0.1, -0.05) is 12.1 Å². The van der Waals surface area contributed by atoms with Crippen molar-refractivity contribution >= 4 is 17.7 Å². The number of hydrogen-bond acceptors (Lipinski definition) is 5. The molecule has 3 rings (SSSR count). The first-order valence-corrected chi connectivity index (χ1v) is 8.18. The Bertz CT molecular complexity index is 1160. The molecule has 0 aliphatic rings. The van der Waals surface area contributed by atoms with E-state index in [9.17, 15) is 24.6 Å². The average molecular weight is 379 g/mol. The van der Waals surface area contributed by atoms with Gasteiger partial charge < -0.3 is 8.98 Å². The number of aryl methyl sites for hydroxylation is 1. The lowest BCUT2D eigenvalue weighted by Gasteiger charge is -2.10. The molecule has 7 nitrogen and oxygen atoms in total. The van der Waals surface area contributed by atoms with E-state index >= 15 is 0 Å². The maximum Gasteiger partial charge on any atom is 0.433 e. The van der Waals surface area contributed by atoms with Crippen molar-refractivity contribution in [3.8, 4) is 11.8 Å². The SMILES string of the molecule is Cc1cc(C(=O)/C(C#N)=C/c2ccc([N+](=O)[O-])o2)c(C)n1-c1ccccc1F. The Morgan fingerprint density at radius 3 is 2.61 bits per heavy atom. The van der Waals surface area contributed by atoms with Crippen molar-refractivity contribution in [3.63, 3.8) is 0 Å². The van der Waals surface area contributed by atoms with E-state index in [0.29, 0.717) is 17.1 Å². The molecule has 0 aliphatic heterocycles. The van der Waals surface area contributed by atoms with Gasteiger partial charge in [-0.3, -0.25) is 14.9 Å². The number of rotatable bonds is 5. The molecule has 0 unspecified atom stereocenters. The predicted octanol–water partition coefficient (Wildman–Crippen LogP) is 4.52. The highest BCUT2D eigenvalue weighted by Crippen LogP contribution is 2.26. The zero-order chi connectivity index (χ0) is 20.4. The predicted molar refractivity (Wildman–Crippen MR) is 98.5 cm³/mol. The second kappa shape index (κ2) is 7.32. The van der Waals surface area contributed by atoms with Gasteiger partial charge in [-0.25, -0.2) is 4.39 Å². The van der Waals surface area contributed by atoms with Crippen LogP contribution >= 0.6 is 0 Å². The monoisotopic (exact) mass is 379 g/mol. The van der Waals surface area contributed by atoms with Crippen LogP contribution in [0.4, 0.5) is 10.3 Å². The third-order valence-corrected chi connectivity index (χ3v) is 4.21. The molecule has 0 spiro atoms. The summed E-state index contributed by atoms with van der Waals surface area (Å²) in [6, 6.07) is 12.0. The highest BCUT2D eigenvalue weighted by atomic mass is 19.1. The fourth-order valence-corrected chi connectivity index (χ4v) is 2.95. The fourth-order valence-electron chi connectivity index (χ4n) is 2.95. The van der Waals surface area contributed by atoms with Crippen LogP contribution in [0, 0.1) is 41.1 Å². The molecular weight excluding hydrogens is 365 g/mol. The standard InChI is InChI=1S/C20H14FN3O4/c1-12-9-16(13(2)23(12)18-6-4-3-5-17(18)21)20(25)14(11-22)10-15-7-8-19(28-15)24(26)27/h3-10H,1-2H3/b14-10+. The van der Waals surface area contributed by atoms with Crippen molar-refractivity contribution in [1.29, 1.82) is 5.26 Å². The first kappa shape index (κ1) is 18.8. The number of carbonyl (C=O) groups excluding carboxylic acids is 1. The van der Waals surface area contributed by atoms with Gasteiger partial charge >= 0.3 is 5.88 Å².